The zero-order chi connectivity index (χ0) is 15.0. The molecule has 0 saturated heterocycles. The highest BCUT2D eigenvalue weighted by atomic mass is 32.1. The van der Waals surface area contributed by atoms with E-state index in [0.717, 1.165) is 5.69 Å². The lowest BCUT2D eigenvalue weighted by Crippen LogP contribution is -2.04. The zero-order valence-corrected chi connectivity index (χ0v) is 13.2. The molecule has 1 aromatic carbocycles. The molecule has 0 aliphatic heterocycles. The molecular weight excluding hydrogens is 270 g/mol. The number of carbonyl (C=O) groups is 1. The number of hydrogen-bond acceptors (Lipinski definition) is 4. The summed E-state index contributed by atoms with van der Waals surface area (Å²) in [6.07, 6.45) is 0. The van der Waals surface area contributed by atoms with E-state index in [2.05, 4.69) is 18.2 Å². The fraction of sp³-hybridized carbons (Fsp3) is 0.375. The van der Waals surface area contributed by atoms with Gasteiger partial charge in [0, 0.05) is 4.88 Å². The predicted octanol–water partition coefficient (Wildman–Crippen LogP) is 4.65. The van der Waals surface area contributed by atoms with Crippen molar-refractivity contribution in [3.8, 4) is 0 Å². The van der Waals surface area contributed by atoms with Crippen LogP contribution in [0.2, 0.25) is 0 Å². The Morgan fingerprint density at radius 2 is 1.90 bits per heavy atom. The molecule has 108 valence electrons. The second-order valence-corrected chi connectivity index (χ2v) is 5.15. The molecule has 3 nitrogen and oxygen atoms in total. The summed E-state index contributed by atoms with van der Waals surface area (Å²) >= 11 is 1.46. The van der Waals surface area contributed by atoms with Crippen LogP contribution in [0.3, 0.4) is 0 Å². The van der Waals surface area contributed by atoms with Crippen LogP contribution in [0.25, 0.3) is 0 Å². The highest BCUT2D eigenvalue weighted by molar-refractivity contribution is 7.05. The van der Waals surface area contributed by atoms with Crippen LogP contribution in [0.4, 0.5) is 0 Å². The van der Waals surface area contributed by atoms with E-state index >= 15 is 0 Å². The van der Waals surface area contributed by atoms with E-state index in [4.69, 9.17) is 4.74 Å². The van der Waals surface area contributed by atoms with Gasteiger partial charge in [0.25, 0.3) is 0 Å². The lowest BCUT2D eigenvalue weighted by atomic mass is 10.2. The molecule has 0 spiro atoms. The standard InChI is InChI=1S/C14H15NO2S.C2H6/c1-10(2)13-8-12(15-18-13)9-17-14(16)11-6-4-3-5-7-11;1-2/h3-8,10H,9H2,1-2H3;1-2H3. The van der Waals surface area contributed by atoms with Gasteiger partial charge in [0.1, 0.15) is 6.61 Å². The van der Waals surface area contributed by atoms with Crippen molar-refractivity contribution in [2.24, 2.45) is 0 Å². The molecule has 0 unspecified atom stereocenters. The first-order valence-electron chi connectivity index (χ1n) is 6.84. The summed E-state index contributed by atoms with van der Waals surface area (Å²) in [6, 6.07) is 11.0. The molecule has 1 aromatic heterocycles. The number of benzene rings is 1. The quantitative estimate of drug-likeness (QED) is 0.770. The topological polar surface area (TPSA) is 39.2 Å². The molecule has 1 heterocycles. The average molecular weight is 291 g/mol. The summed E-state index contributed by atoms with van der Waals surface area (Å²) < 4.78 is 9.48. The van der Waals surface area contributed by atoms with Gasteiger partial charge in [-0.05, 0) is 35.6 Å². The molecule has 0 atom stereocenters. The summed E-state index contributed by atoms with van der Waals surface area (Å²) in [7, 11) is 0. The normalized spacial score (nSPS) is 9.85. The Morgan fingerprint density at radius 3 is 2.45 bits per heavy atom. The Hall–Kier alpha value is -1.68. The van der Waals surface area contributed by atoms with Crippen LogP contribution >= 0.6 is 11.5 Å². The van der Waals surface area contributed by atoms with Gasteiger partial charge in [-0.1, -0.05) is 45.9 Å². The van der Waals surface area contributed by atoms with Crippen molar-refractivity contribution in [1.29, 1.82) is 0 Å². The summed E-state index contributed by atoms with van der Waals surface area (Å²) in [6.45, 7) is 8.47. The fourth-order valence-electron chi connectivity index (χ4n) is 1.47. The molecule has 0 saturated carbocycles. The van der Waals surface area contributed by atoms with E-state index in [-0.39, 0.29) is 12.6 Å². The largest absolute Gasteiger partial charge is 0.456 e. The maximum atomic E-state index is 11.7. The molecule has 0 bridgehead atoms. The highest BCUT2D eigenvalue weighted by Crippen LogP contribution is 2.20. The molecule has 0 amide bonds. The first-order chi connectivity index (χ1) is 9.66. The highest BCUT2D eigenvalue weighted by Gasteiger charge is 2.09. The van der Waals surface area contributed by atoms with Crippen LogP contribution in [0.5, 0.6) is 0 Å². The summed E-state index contributed by atoms with van der Waals surface area (Å²) in [5.41, 5.74) is 1.38. The Balaban J connectivity index is 0.000000956. The third kappa shape index (κ3) is 4.78. The van der Waals surface area contributed by atoms with E-state index in [1.807, 2.05) is 38.1 Å². The maximum absolute atomic E-state index is 11.7. The van der Waals surface area contributed by atoms with Crippen molar-refractivity contribution in [2.75, 3.05) is 0 Å². The van der Waals surface area contributed by atoms with Crippen molar-refractivity contribution >= 4 is 17.5 Å². The number of nitrogens with zero attached hydrogens (tertiary/aromatic N) is 1. The number of carbonyl (C=O) groups excluding carboxylic acids is 1. The monoisotopic (exact) mass is 291 g/mol. The molecule has 2 rings (SSSR count). The summed E-state index contributed by atoms with van der Waals surface area (Å²) in [5.74, 6) is 0.149. The molecule has 0 fully saturated rings. The molecular formula is C16H21NO2S. The van der Waals surface area contributed by atoms with Crippen molar-refractivity contribution in [3.63, 3.8) is 0 Å². The number of rotatable bonds is 4. The van der Waals surface area contributed by atoms with Crippen LogP contribution in [-0.4, -0.2) is 10.3 Å². The van der Waals surface area contributed by atoms with Crippen LogP contribution in [0.1, 0.15) is 54.5 Å². The van der Waals surface area contributed by atoms with Gasteiger partial charge in [-0.15, -0.1) is 0 Å². The second kappa shape index (κ2) is 8.48. The minimum absolute atomic E-state index is 0.233. The molecule has 0 radical (unpaired) electrons. The third-order valence-corrected chi connectivity index (χ3v) is 3.63. The minimum Gasteiger partial charge on any atom is -0.456 e. The Morgan fingerprint density at radius 1 is 1.25 bits per heavy atom. The first kappa shape index (κ1) is 16.4. The van der Waals surface area contributed by atoms with Crippen molar-refractivity contribution in [3.05, 3.63) is 52.5 Å². The van der Waals surface area contributed by atoms with E-state index in [1.165, 1.54) is 16.4 Å². The van der Waals surface area contributed by atoms with E-state index in [9.17, 15) is 4.79 Å². The Kier molecular flexibility index (Phi) is 6.94. The summed E-state index contributed by atoms with van der Waals surface area (Å²) in [4.78, 5) is 12.9. The van der Waals surface area contributed by atoms with Gasteiger partial charge in [0.05, 0.1) is 11.3 Å². The third-order valence-electron chi connectivity index (χ3n) is 2.51. The Bertz CT molecular complexity index is 520. The number of hydrogen-bond donors (Lipinski definition) is 0. The zero-order valence-electron chi connectivity index (χ0n) is 12.4. The first-order valence-corrected chi connectivity index (χ1v) is 7.62. The van der Waals surface area contributed by atoms with Gasteiger partial charge >= 0.3 is 5.97 Å². The van der Waals surface area contributed by atoms with E-state index in [0.29, 0.717) is 11.5 Å². The predicted molar refractivity (Wildman–Crippen MR) is 83.1 cm³/mol. The lowest BCUT2D eigenvalue weighted by Gasteiger charge is -2.02. The lowest BCUT2D eigenvalue weighted by molar-refractivity contribution is 0.0469. The number of ether oxygens (including phenoxy) is 1. The van der Waals surface area contributed by atoms with Gasteiger partial charge in [-0.3, -0.25) is 0 Å². The van der Waals surface area contributed by atoms with Crippen LogP contribution in [0, 0.1) is 0 Å². The summed E-state index contributed by atoms with van der Waals surface area (Å²) in [5, 5.41) is 0. The molecule has 4 heteroatoms. The van der Waals surface area contributed by atoms with Crippen molar-refractivity contribution in [1.82, 2.24) is 4.37 Å². The molecule has 20 heavy (non-hydrogen) atoms. The van der Waals surface area contributed by atoms with Gasteiger partial charge < -0.3 is 4.74 Å². The SMILES string of the molecule is CC.CC(C)c1cc(COC(=O)c2ccccc2)ns1. The molecule has 0 aliphatic carbocycles. The van der Waals surface area contributed by atoms with Gasteiger partial charge in [-0.2, -0.15) is 4.37 Å². The van der Waals surface area contributed by atoms with Crippen molar-refractivity contribution < 1.29 is 9.53 Å². The van der Waals surface area contributed by atoms with Gasteiger partial charge in [-0.25, -0.2) is 4.79 Å². The number of aromatic nitrogens is 1. The molecule has 0 N–H and O–H groups in total. The smallest absolute Gasteiger partial charge is 0.338 e. The Labute approximate surface area is 124 Å². The van der Waals surface area contributed by atoms with Gasteiger partial charge in [0.2, 0.25) is 0 Å². The van der Waals surface area contributed by atoms with Crippen LogP contribution in [-0.2, 0) is 11.3 Å². The minimum atomic E-state index is -0.310. The maximum Gasteiger partial charge on any atom is 0.338 e. The molecule has 0 aliphatic rings. The van der Waals surface area contributed by atoms with E-state index < -0.39 is 0 Å². The van der Waals surface area contributed by atoms with E-state index in [1.54, 1.807) is 12.1 Å². The fourth-order valence-corrected chi connectivity index (χ4v) is 2.19. The van der Waals surface area contributed by atoms with Crippen molar-refractivity contribution in [2.45, 2.75) is 40.2 Å². The average Bonchev–Trinajstić information content (AvgIpc) is 2.97. The number of esters is 1. The van der Waals surface area contributed by atoms with Crippen LogP contribution in [0.15, 0.2) is 36.4 Å². The second-order valence-electron chi connectivity index (χ2n) is 4.32. The van der Waals surface area contributed by atoms with Gasteiger partial charge in [0.15, 0.2) is 0 Å². The van der Waals surface area contributed by atoms with Crippen LogP contribution < -0.4 is 0 Å². The molecule has 2 aromatic rings.